The van der Waals surface area contributed by atoms with E-state index in [1.165, 1.54) is 0 Å². The zero-order chi connectivity index (χ0) is 17.2. The molecule has 0 aliphatic heterocycles. The molecule has 0 amide bonds. The number of nitrogens with one attached hydrogen (secondary N) is 1. The van der Waals surface area contributed by atoms with Gasteiger partial charge in [0, 0.05) is 21.5 Å². The first-order valence-corrected chi connectivity index (χ1v) is 8.02. The van der Waals surface area contributed by atoms with Gasteiger partial charge in [0.15, 0.2) is 12.4 Å². The second-order valence-electron chi connectivity index (χ2n) is 5.47. The number of H-pyrrole nitrogens is 1. The molecular formula is C19H13ClN2O3. The molecule has 0 atom stereocenters. The fourth-order valence-electron chi connectivity index (χ4n) is 2.51. The van der Waals surface area contributed by atoms with Crippen LogP contribution in [0.4, 0.5) is 0 Å². The molecule has 0 spiro atoms. The van der Waals surface area contributed by atoms with E-state index >= 15 is 0 Å². The number of aromatic nitrogens is 2. The number of carbonyl (C=O) groups is 1. The number of aromatic amines is 1. The molecule has 0 saturated carbocycles. The number of hydrogen-bond donors (Lipinski definition) is 1. The predicted octanol–water partition coefficient (Wildman–Crippen LogP) is 4.83. The highest BCUT2D eigenvalue weighted by atomic mass is 35.5. The van der Waals surface area contributed by atoms with E-state index in [0.29, 0.717) is 22.4 Å². The summed E-state index contributed by atoms with van der Waals surface area (Å²) < 4.78 is 10.9. The van der Waals surface area contributed by atoms with E-state index in [1.807, 2.05) is 36.4 Å². The summed E-state index contributed by atoms with van der Waals surface area (Å²) >= 11 is 5.87. The molecular weight excluding hydrogens is 340 g/mol. The maximum absolute atomic E-state index is 12.2. The molecule has 124 valence electrons. The molecule has 6 heteroatoms. The van der Waals surface area contributed by atoms with Crippen LogP contribution < -0.4 is 0 Å². The zero-order valence-electron chi connectivity index (χ0n) is 13.0. The van der Waals surface area contributed by atoms with Crippen molar-refractivity contribution in [1.82, 2.24) is 9.97 Å². The first-order chi connectivity index (χ1) is 12.2. The Morgan fingerprint density at radius 3 is 2.76 bits per heavy atom. The molecule has 0 fully saturated rings. The summed E-state index contributed by atoms with van der Waals surface area (Å²) in [6.45, 7) is -0.0399. The fourth-order valence-corrected chi connectivity index (χ4v) is 2.64. The van der Waals surface area contributed by atoms with Crippen molar-refractivity contribution in [2.45, 2.75) is 6.61 Å². The second-order valence-corrected chi connectivity index (χ2v) is 5.91. The Morgan fingerprint density at radius 2 is 1.96 bits per heavy atom. The number of nitrogens with zero attached hydrogens (tertiary/aromatic N) is 1. The Morgan fingerprint density at radius 1 is 1.16 bits per heavy atom. The van der Waals surface area contributed by atoms with Crippen LogP contribution in [0.5, 0.6) is 0 Å². The number of fused-ring (bicyclic) bond motifs is 1. The topological polar surface area (TPSA) is 68.1 Å². The van der Waals surface area contributed by atoms with E-state index in [4.69, 9.17) is 20.8 Å². The lowest BCUT2D eigenvalue weighted by Crippen LogP contribution is -2.05. The zero-order valence-corrected chi connectivity index (χ0v) is 13.8. The number of hydrogen-bond acceptors (Lipinski definition) is 4. The Balaban J connectivity index is 1.44. The number of ether oxygens (including phenoxy) is 1. The number of halogens is 1. The van der Waals surface area contributed by atoms with Crippen LogP contribution in [0.2, 0.25) is 5.02 Å². The van der Waals surface area contributed by atoms with Gasteiger partial charge in [-0.1, -0.05) is 29.8 Å². The molecule has 5 nitrogen and oxygen atoms in total. The molecule has 0 unspecified atom stereocenters. The van der Waals surface area contributed by atoms with Crippen LogP contribution in [-0.4, -0.2) is 15.9 Å². The summed E-state index contributed by atoms with van der Waals surface area (Å²) in [7, 11) is 0. The van der Waals surface area contributed by atoms with E-state index in [0.717, 1.165) is 16.5 Å². The van der Waals surface area contributed by atoms with Gasteiger partial charge in [-0.15, -0.1) is 0 Å². The standard InChI is InChI=1S/C19H13ClN2O3/c20-14-7-5-12(6-8-14)17-10-21-18(25-17)11-24-19(23)16-9-13-3-1-2-4-15(13)22-16/h1-10,22H,11H2. The molecule has 0 aliphatic rings. The van der Waals surface area contributed by atoms with Gasteiger partial charge in [-0.05, 0) is 36.4 Å². The molecule has 0 radical (unpaired) electrons. The minimum absolute atomic E-state index is 0.0399. The predicted molar refractivity (Wildman–Crippen MR) is 94.4 cm³/mol. The van der Waals surface area contributed by atoms with E-state index in [2.05, 4.69) is 9.97 Å². The minimum Gasteiger partial charge on any atom is -0.451 e. The largest absolute Gasteiger partial charge is 0.451 e. The first-order valence-electron chi connectivity index (χ1n) is 7.64. The summed E-state index contributed by atoms with van der Waals surface area (Å²) in [5.41, 5.74) is 2.13. The highest BCUT2D eigenvalue weighted by molar-refractivity contribution is 6.30. The van der Waals surface area contributed by atoms with Crippen LogP contribution in [0.15, 0.2) is 65.2 Å². The molecule has 2 heterocycles. The SMILES string of the molecule is O=C(OCc1ncc(-c2ccc(Cl)cc2)o1)c1cc2ccccc2[nH]1. The van der Waals surface area contributed by atoms with Crippen molar-refractivity contribution in [1.29, 1.82) is 0 Å². The van der Waals surface area contributed by atoms with Crippen molar-refractivity contribution < 1.29 is 13.9 Å². The van der Waals surface area contributed by atoms with Gasteiger partial charge < -0.3 is 14.1 Å². The van der Waals surface area contributed by atoms with E-state index in [-0.39, 0.29) is 6.61 Å². The average molecular weight is 353 g/mol. The quantitative estimate of drug-likeness (QED) is 0.534. The van der Waals surface area contributed by atoms with Crippen molar-refractivity contribution in [3.05, 3.63) is 77.4 Å². The number of carbonyl (C=O) groups excluding carboxylic acids is 1. The van der Waals surface area contributed by atoms with Crippen LogP contribution in [0, 0.1) is 0 Å². The molecule has 0 saturated heterocycles. The van der Waals surface area contributed by atoms with Gasteiger partial charge in [0.2, 0.25) is 5.89 Å². The number of esters is 1. The van der Waals surface area contributed by atoms with Crippen LogP contribution in [0.3, 0.4) is 0 Å². The number of rotatable bonds is 4. The van der Waals surface area contributed by atoms with Crippen LogP contribution in [0.1, 0.15) is 16.4 Å². The first kappa shape index (κ1) is 15.5. The maximum atomic E-state index is 12.2. The highest BCUT2D eigenvalue weighted by Crippen LogP contribution is 2.23. The van der Waals surface area contributed by atoms with Gasteiger partial charge in [0.25, 0.3) is 0 Å². The van der Waals surface area contributed by atoms with Crippen LogP contribution in [0.25, 0.3) is 22.2 Å². The number of para-hydroxylation sites is 1. The van der Waals surface area contributed by atoms with Gasteiger partial charge >= 0.3 is 5.97 Å². The van der Waals surface area contributed by atoms with Gasteiger partial charge in [0.05, 0.1) is 6.20 Å². The van der Waals surface area contributed by atoms with Gasteiger partial charge in [-0.2, -0.15) is 0 Å². The Kier molecular flexibility index (Phi) is 3.99. The van der Waals surface area contributed by atoms with Crippen molar-refractivity contribution in [3.63, 3.8) is 0 Å². The molecule has 4 aromatic rings. The monoisotopic (exact) mass is 352 g/mol. The van der Waals surface area contributed by atoms with Gasteiger partial charge in [0.1, 0.15) is 5.69 Å². The van der Waals surface area contributed by atoms with E-state index in [1.54, 1.807) is 24.4 Å². The summed E-state index contributed by atoms with van der Waals surface area (Å²) in [6, 6.07) is 16.6. The van der Waals surface area contributed by atoms with Gasteiger partial charge in [-0.25, -0.2) is 9.78 Å². The fraction of sp³-hybridized carbons (Fsp3) is 0.0526. The molecule has 1 N–H and O–H groups in total. The third-order valence-electron chi connectivity index (χ3n) is 3.76. The summed E-state index contributed by atoms with van der Waals surface area (Å²) in [5, 5.41) is 1.60. The highest BCUT2D eigenvalue weighted by Gasteiger charge is 2.13. The lowest BCUT2D eigenvalue weighted by Gasteiger charge is -2.00. The third-order valence-corrected chi connectivity index (χ3v) is 4.01. The van der Waals surface area contributed by atoms with Gasteiger partial charge in [-0.3, -0.25) is 0 Å². The van der Waals surface area contributed by atoms with Crippen molar-refractivity contribution >= 4 is 28.5 Å². The summed E-state index contributed by atoms with van der Waals surface area (Å²) in [6.07, 6.45) is 1.59. The molecule has 2 aromatic carbocycles. The lowest BCUT2D eigenvalue weighted by atomic mass is 10.2. The Bertz CT molecular complexity index is 1000. The smallest absolute Gasteiger partial charge is 0.355 e. The lowest BCUT2D eigenvalue weighted by molar-refractivity contribution is 0.0433. The third kappa shape index (κ3) is 3.27. The number of benzene rings is 2. The Labute approximate surface area is 148 Å². The second kappa shape index (κ2) is 6.45. The summed E-state index contributed by atoms with van der Waals surface area (Å²) in [4.78, 5) is 19.3. The molecule has 0 bridgehead atoms. The number of oxazole rings is 1. The molecule has 25 heavy (non-hydrogen) atoms. The van der Waals surface area contributed by atoms with Crippen molar-refractivity contribution in [3.8, 4) is 11.3 Å². The molecule has 4 rings (SSSR count). The Hall–Kier alpha value is -3.05. The van der Waals surface area contributed by atoms with Crippen molar-refractivity contribution in [2.24, 2.45) is 0 Å². The molecule has 0 aliphatic carbocycles. The van der Waals surface area contributed by atoms with Crippen molar-refractivity contribution in [2.75, 3.05) is 0 Å². The van der Waals surface area contributed by atoms with E-state index in [9.17, 15) is 4.79 Å². The average Bonchev–Trinajstić information content (AvgIpc) is 3.27. The minimum atomic E-state index is -0.456. The normalized spacial score (nSPS) is 10.9. The maximum Gasteiger partial charge on any atom is 0.355 e. The van der Waals surface area contributed by atoms with E-state index < -0.39 is 5.97 Å². The molecule has 2 aromatic heterocycles. The summed E-state index contributed by atoms with van der Waals surface area (Å²) in [5.74, 6) is 0.463. The van der Waals surface area contributed by atoms with Crippen LogP contribution in [-0.2, 0) is 11.3 Å². The van der Waals surface area contributed by atoms with Crippen LogP contribution >= 0.6 is 11.6 Å².